The Morgan fingerprint density at radius 3 is 2.53 bits per heavy atom. The maximum Gasteiger partial charge on any atom is 0.279 e. The highest BCUT2D eigenvalue weighted by Gasteiger charge is 2.32. The zero-order valence-corrected chi connectivity index (χ0v) is 18.1. The average molecular weight is 442 g/mol. The molecule has 1 aliphatic rings. The summed E-state index contributed by atoms with van der Waals surface area (Å²) in [5, 5.41) is 4.09. The molecule has 30 heavy (non-hydrogen) atoms. The number of methoxy groups -OCH3 is 1. The number of carbonyl (C=O) groups is 1. The molecule has 0 saturated carbocycles. The smallest absolute Gasteiger partial charge is 0.279 e. The van der Waals surface area contributed by atoms with Gasteiger partial charge in [0, 0.05) is 30.2 Å². The van der Waals surface area contributed by atoms with Crippen LogP contribution in [0.5, 0.6) is 5.75 Å². The van der Waals surface area contributed by atoms with Crippen molar-refractivity contribution >= 4 is 35.1 Å². The van der Waals surface area contributed by atoms with Gasteiger partial charge in [0.15, 0.2) is 5.16 Å². The minimum atomic E-state index is -0.346. The molecule has 0 spiro atoms. The molecule has 8 heteroatoms. The van der Waals surface area contributed by atoms with E-state index < -0.39 is 0 Å². The second kappa shape index (κ2) is 8.53. The van der Waals surface area contributed by atoms with Crippen molar-refractivity contribution in [2.24, 2.45) is 7.05 Å². The molecular weight excluding hydrogens is 422 g/mol. The van der Waals surface area contributed by atoms with Crippen molar-refractivity contribution < 1.29 is 9.53 Å². The fraction of sp³-hybridized carbons (Fsp3) is 0.227. The van der Waals surface area contributed by atoms with Gasteiger partial charge in [-0.1, -0.05) is 47.6 Å². The summed E-state index contributed by atoms with van der Waals surface area (Å²) in [7, 11) is 3.41. The predicted molar refractivity (Wildman–Crippen MR) is 119 cm³/mol. The standard InChI is InChI=1S/C22H20ClN3O3S/c1-26-20-19(17(11-18(27)24-20)14-5-9-16(29-2)10-6-14)21(28)25-22(26)30-12-13-3-7-15(23)8-4-13/h3-10,17H,11-12H2,1-2H3,(H,24,27). The molecule has 6 nitrogen and oxygen atoms in total. The number of benzene rings is 2. The van der Waals surface area contributed by atoms with E-state index in [2.05, 4.69) is 10.3 Å². The van der Waals surface area contributed by atoms with Crippen LogP contribution < -0.4 is 15.6 Å². The number of anilines is 1. The van der Waals surface area contributed by atoms with E-state index in [1.807, 2.05) is 55.6 Å². The first-order chi connectivity index (χ1) is 14.5. The Morgan fingerprint density at radius 2 is 1.87 bits per heavy atom. The maximum atomic E-state index is 13.0. The number of aromatic nitrogens is 2. The third-order valence-corrected chi connectivity index (χ3v) is 6.45. The lowest BCUT2D eigenvalue weighted by atomic mass is 9.87. The van der Waals surface area contributed by atoms with Gasteiger partial charge in [-0.2, -0.15) is 4.98 Å². The molecule has 1 amide bonds. The molecule has 0 radical (unpaired) electrons. The maximum absolute atomic E-state index is 13.0. The van der Waals surface area contributed by atoms with Gasteiger partial charge in [-0.25, -0.2) is 0 Å². The second-order valence-corrected chi connectivity index (χ2v) is 8.39. The van der Waals surface area contributed by atoms with Crippen LogP contribution in [-0.2, 0) is 17.6 Å². The van der Waals surface area contributed by atoms with Gasteiger partial charge < -0.3 is 14.6 Å². The number of ether oxygens (including phenoxy) is 1. The summed E-state index contributed by atoms with van der Waals surface area (Å²) in [6.45, 7) is 0. The van der Waals surface area contributed by atoms with Gasteiger partial charge in [-0.05, 0) is 35.4 Å². The lowest BCUT2D eigenvalue weighted by Crippen LogP contribution is -2.33. The Hall–Kier alpha value is -2.77. The van der Waals surface area contributed by atoms with Crippen molar-refractivity contribution in [1.82, 2.24) is 9.55 Å². The van der Waals surface area contributed by atoms with Crippen molar-refractivity contribution in [3.63, 3.8) is 0 Å². The van der Waals surface area contributed by atoms with Crippen molar-refractivity contribution in [1.29, 1.82) is 0 Å². The molecule has 1 unspecified atom stereocenters. The average Bonchev–Trinajstić information content (AvgIpc) is 2.75. The van der Waals surface area contributed by atoms with Crippen LogP contribution in [0, 0.1) is 0 Å². The van der Waals surface area contributed by atoms with E-state index >= 15 is 0 Å². The highest BCUT2D eigenvalue weighted by Crippen LogP contribution is 2.36. The van der Waals surface area contributed by atoms with E-state index in [1.165, 1.54) is 11.8 Å². The molecule has 1 atom stereocenters. The van der Waals surface area contributed by atoms with Crippen molar-refractivity contribution in [3.05, 3.63) is 80.6 Å². The van der Waals surface area contributed by atoms with E-state index in [0.717, 1.165) is 16.9 Å². The Kier molecular flexibility index (Phi) is 5.83. The SMILES string of the molecule is COc1ccc(C2CC(=O)Nc3c2c(=O)nc(SCc2ccc(Cl)cc2)n3C)cc1. The second-order valence-electron chi connectivity index (χ2n) is 7.01. The number of amides is 1. The Bertz CT molecular complexity index is 1140. The van der Waals surface area contributed by atoms with Crippen LogP contribution in [0.25, 0.3) is 0 Å². The first kappa shape index (κ1) is 20.5. The number of fused-ring (bicyclic) bond motifs is 1. The number of rotatable bonds is 5. The quantitative estimate of drug-likeness (QED) is 0.474. The Labute approximate surface area is 183 Å². The van der Waals surface area contributed by atoms with Crippen molar-refractivity contribution in [2.75, 3.05) is 12.4 Å². The molecular formula is C22H20ClN3O3S. The molecule has 0 fully saturated rings. The third-order valence-electron chi connectivity index (χ3n) is 5.10. The number of thioether (sulfide) groups is 1. The molecule has 0 bridgehead atoms. The molecule has 1 aliphatic heterocycles. The van der Waals surface area contributed by atoms with Crippen LogP contribution >= 0.6 is 23.4 Å². The van der Waals surface area contributed by atoms with Gasteiger partial charge in [0.1, 0.15) is 11.6 Å². The van der Waals surface area contributed by atoms with E-state index in [0.29, 0.717) is 27.3 Å². The van der Waals surface area contributed by atoms with Crippen LogP contribution in [0.4, 0.5) is 5.82 Å². The fourth-order valence-corrected chi connectivity index (χ4v) is 4.56. The minimum absolute atomic E-state index is 0.127. The topological polar surface area (TPSA) is 73.2 Å². The van der Waals surface area contributed by atoms with Gasteiger partial charge in [0.05, 0.1) is 12.7 Å². The lowest BCUT2D eigenvalue weighted by Gasteiger charge is -2.27. The summed E-state index contributed by atoms with van der Waals surface area (Å²) < 4.78 is 6.99. The Morgan fingerprint density at radius 1 is 1.17 bits per heavy atom. The van der Waals surface area contributed by atoms with E-state index in [1.54, 1.807) is 11.7 Å². The molecule has 0 aliphatic carbocycles. The van der Waals surface area contributed by atoms with Crippen LogP contribution in [0.15, 0.2) is 58.5 Å². The van der Waals surface area contributed by atoms with Crippen LogP contribution in [0.3, 0.4) is 0 Å². The van der Waals surface area contributed by atoms with Gasteiger partial charge in [0.2, 0.25) is 5.91 Å². The Balaban J connectivity index is 1.68. The zero-order chi connectivity index (χ0) is 21.3. The molecule has 2 aromatic carbocycles. The molecule has 3 aromatic rings. The normalized spacial score (nSPS) is 15.4. The summed E-state index contributed by atoms with van der Waals surface area (Å²) in [4.78, 5) is 29.7. The van der Waals surface area contributed by atoms with Gasteiger partial charge in [-0.3, -0.25) is 9.59 Å². The van der Waals surface area contributed by atoms with Gasteiger partial charge >= 0.3 is 0 Å². The number of hydrogen-bond acceptors (Lipinski definition) is 5. The first-order valence-electron chi connectivity index (χ1n) is 9.38. The number of nitrogens with one attached hydrogen (secondary N) is 1. The highest BCUT2D eigenvalue weighted by atomic mass is 35.5. The predicted octanol–water partition coefficient (Wildman–Crippen LogP) is 4.21. The number of nitrogens with zero attached hydrogens (tertiary/aromatic N) is 2. The van der Waals surface area contributed by atoms with Gasteiger partial charge in [-0.15, -0.1) is 0 Å². The minimum Gasteiger partial charge on any atom is -0.497 e. The zero-order valence-electron chi connectivity index (χ0n) is 16.5. The monoisotopic (exact) mass is 441 g/mol. The largest absolute Gasteiger partial charge is 0.497 e. The molecule has 1 N–H and O–H groups in total. The summed E-state index contributed by atoms with van der Waals surface area (Å²) in [6.07, 6.45) is 0.202. The molecule has 4 rings (SSSR count). The van der Waals surface area contributed by atoms with E-state index in [9.17, 15) is 9.59 Å². The van der Waals surface area contributed by atoms with Crippen LogP contribution in [-0.4, -0.2) is 22.6 Å². The summed E-state index contributed by atoms with van der Waals surface area (Å²) in [6, 6.07) is 15.0. The van der Waals surface area contributed by atoms with Crippen LogP contribution in [0.2, 0.25) is 5.02 Å². The van der Waals surface area contributed by atoms with Gasteiger partial charge in [0.25, 0.3) is 5.56 Å². The summed E-state index contributed by atoms with van der Waals surface area (Å²) in [5.41, 5.74) is 2.14. The molecule has 2 heterocycles. The number of halogens is 1. The number of hydrogen-bond donors (Lipinski definition) is 1. The van der Waals surface area contributed by atoms with E-state index in [-0.39, 0.29) is 23.8 Å². The summed E-state index contributed by atoms with van der Waals surface area (Å²) >= 11 is 7.37. The van der Waals surface area contributed by atoms with Crippen molar-refractivity contribution in [2.45, 2.75) is 23.2 Å². The van der Waals surface area contributed by atoms with Crippen molar-refractivity contribution in [3.8, 4) is 5.75 Å². The summed E-state index contributed by atoms with van der Waals surface area (Å²) in [5.74, 6) is 1.38. The molecule has 1 aromatic heterocycles. The van der Waals surface area contributed by atoms with E-state index in [4.69, 9.17) is 16.3 Å². The molecule has 0 saturated heterocycles. The third kappa shape index (κ3) is 4.08. The number of carbonyl (C=O) groups excluding carboxylic acids is 1. The first-order valence-corrected chi connectivity index (χ1v) is 10.7. The highest BCUT2D eigenvalue weighted by molar-refractivity contribution is 7.98. The fourth-order valence-electron chi connectivity index (χ4n) is 3.51. The molecule has 154 valence electrons. The lowest BCUT2D eigenvalue weighted by molar-refractivity contribution is -0.116. The van der Waals surface area contributed by atoms with Crippen LogP contribution in [0.1, 0.15) is 29.0 Å².